The molecule has 0 bridgehead atoms. The molecule has 2 fully saturated rings. The molecule has 164 valence electrons. The highest BCUT2D eigenvalue weighted by molar-refractivity contribution is 5.94. The van der Waals surface area contributed by atoms with Crippen LogP contribution in [0.3, 0.4) is 0 Å². The number of rotatable bonds is 7. The molecule has 7 nitrogen and oxygen atoms in total. The molecule has 30 heavy (non-hydrogen) atoms. The molecule has 2 heterocycles. The van der Waals surface area contributed by atoms with Gasteiger partial charge in [-0.15, -0.1) is 0 Å². The summed E-state index contributed by atoms with van der Waals surface area (Å²) < 4.78 is 4.99. The predicted molar refractivity (Wildman–Crippen MR) is 114 cm³/mol. The summed E-state index contributed by atoms with van der Waals surface area (Å²) in [5, 5.41) is 2.87. The number of nitrogens with one attached hydrogen (secondary N) is 1. The molecule has 1 spiro atoms. The van der Waals surface area contributed by atoms with Gasteiger partial charge in [0.15, 0.2) is 0 Å². The lowest BCUT2D eigenvalue weighted by molar-refractivity contribution is -0.143. The maximum atomic E-state index is 13.2. The molecule has 2 saturated heterocycles. The van der Waals surface area contributed by atoms with Gasteiger partial charge in [0.25, 0.3) is 0 Å². The van der Waals surface area contributed by atoms with Gasteiger partial charge in [0.2, 0.25) is 17.7 Å². The number of benzene rings is 1. The first kappa shape index (κ1) is 22.3. The van der Waals surface area contributed by atoms with Gasteiger partial charge in [-0.3, -0.25) is 14.4 Å². The molecular formula is C23H33N3O4. The van der Waals surface area contributed by atoms with Gasteiger partial charge in [0, 0.05) is 33.3 Å². The fourth-order valence-corrected chi connectivity index (χ4v) is 4.72. The zero-order valence-corrected chi connectivity index (χ0v) is 18.3. The van der Waals surface area contributed by atoms with Crippen LogP contribution in [0.25, 0.3) is 0 Å². The van der Waals surface area contributed by atoms with E-state index in [0.29, 0.717) is 58.5 Å². The molecule has 2 aliphatic rings. The molecule has 3 amide bonds. The summed E-state index contributed by atoms with van der Waals surface area (Å²) in [6.07, 6.45) is 2.14. The third kappa shape index (κ3) is 4.67. The molecule has 0 aromatic heterocycles. The third-order valence-electron chi connectivity index (χ3n) is 6.43. The minimum absolute atomic E-state index is 0.0580. The first-order valence-electron chi connectivity index (χ1n) is 10.8. The van der Waals surface area contributed by atoms with Crippen LogP contribution >= 0.6 is 0 Å². The quantitative estimate of drug-likeness (QED) is 0.685. The van der Waals surface area contributed by atoms with Crippen molar-refractivity contribution in [2.45, 2.75) is 45.6 Å². The van der Waals surface area contributed by atoms with E-state index in [1.54, 1.807) is 12.0 Å². The Morgan fingerprint density at radius 3 is 2.63 bits per heavy atom. The Labute approximate surface area is 178 Å². The van der Waals surface area contributed by atoms with Gasteiger partial charge in [-0.2, -0.15) is 0 Å². The van der Waals surface area contributed by atoms with Crippen molar-refractivity contribution in [1.82, 2.24) is 15.1 Å². The van der Waals surface area contributed by atoms with Crippen molar-refractivity contribution in [3.8, 4) is 0 Å². The Morgan fingerprint density at radius 1 is 1.27 bits per heavy atom. The minimum atomic E-state index is -0.528. The van der Waals surface area contributed by atoms with Crippen molar-refractivity contribution in [1.29, 1.82) is 0 Å². The van der Waals surface area contributed by atoms with Crippen molar-refractivity contribution >= 4 is 17.7 Å². The maximum Gasteiger partial charge on any atom is 0.242 e. The average molecular weight is 416 g/mol. The monoisotopic (exact) mass is 415 g/mol. The lowest BCUT2D eigenvalue weighted by Gasteiger charge is -2.38. The molecule has 1 aromatic carbocycles. The molecule has 1 atom stereocenters. The van der Waals surface area contributed by atoms with Crippen molar-refractivity contribution in [3.63, 3.8) is 0 Å². The van der Waals surface area contributed by atoms with Crippen molar-refractivity contribution in [2.24, 2.45) is 5.41 Å². The number of likely N-dealkylation sites (tertiary alicyclic amines) is 2. The van der Waals surface area contributed by atoms with E-state index in [9.17, 15) is 14.4 Å². The molecule has 1 unspecified atom stereocenters. The molecule has 3 rings (SSSR count). The van der Waals surface area contributed by atoms with Gasteiger partial charge in [0.1, 0.15) is 6.04 Å². The Hall–Kier alpha value is -2.41. The summed E-state index contributed by atoms with van der Waals surface area (Å²) in [7, 11) is 1.59. The number of hydrogen-bond donors (Lipinski definition) is 1. The van der Waals surface area contributed by atoms with Crippen LogP contribution in [0.1, 0.15) is 37.3 Å². The van der Waals surface area contributed by atoms with Gasteiger partial charge in [-0.1, -0.05) is 29.8 Å². The van der Waals surface area contributed by atoms with E-state index >= 15 is 0 Å². The Morgan fingerprint density at radius 2 is 2.00 bits per heavy atom. The summed E-state index contributed by atoms with van der Waals surface area (Å²) in [5.74, 6) is 0.0434. The molecule has 0 aliphatic carbocycles. The summed E-state index contributed by atoms with van der Waals surface area (Å²) >= 11 is 0. The second-order valence-electron chi connectivity index (χ2n) is 8.42. The predicted octanol–water partition coefficient (Wildman–Crippen LogP) is 1.53. The Balaban J connectivity index is 1.61. The number of amides is 3. The number of carbonyl (C=O) groups excluding carboxylic acids is 3. The largest absolute Gasteiger partial charge is 0.383 e. The number of ether oxygens (including phenoxy) is 1. The number of aryl methyl sites for hydroxylation is 1. The van der Waals surface area contributed by atoms with E-state index in [1.807, 2.05) is 43.0 Å². The van der Waals surface area contributed by atoms with Gasteiger partial charge in [-0.25, -0.2) is 0 Å². The fourth-order valence-electron chi connectivity index (χ4n) is 4.72. The highest BCUT2D eigenvalue weighted by Crippen LogP contribution is 2.44. The second kappa shape index (κ2) is 9.60. The summed E-state index contributed by atoms with van der Waals surface area (Å²) in [6.45, 7) is 6.45. The van der Waals surface area contributed by atoms with Crippen molar-refractivity contribution < 1.29 is 19.1 Å². The van der Waals surface area contributed by atoms with E-state index in [0.717, 1.165) is 11.1 Å². The van der Waals surface area contributed by atoms with Crippen LogP contribution in [0.5, 0.6) is 0 Å². The van der Waals surface area contributed by atoms with Crippen LogP contribution in [-0.2, 0) is 25.5 Å². The highest BCUT2D eigenvalue weighted by atomic mass is 16.5. The van der Waals surface area contributed by atoms with Crippen LogP contribution in [0.4, 0.5) is 0 Å². The molecule has 7 heteroatoms. The normalized spacial score (nSPS) is 20.6. The fraction of sp³-hybridized carbons (Fsp3) is 0.609. The lowest BCUT2D eigenvalue weighted by atomic mass is 9.76. The minimum Gasteiger partial charge on any atom is -0.383 e. The molecule has 1 N–H and O–H groups in total. The third-order valence-corrected chi connectivity index (χ3v) is 6.43. The molecule has 1 aromatic rings. The van der Waals surface area contributed by atoms with Crippen molar-refractivity contribution in [3.05, 3.63) is 35.4 Å². The number of piperidine rings is 1. The Kier molecular flexibility index (Phi) is 7.13. The van der Waals surface area contributed by atoms with Gasteiger partial charge >= 0.3 is 0 Å². The van der Waals surface area contributed by atoms with Gasteiger partial charge in [-0.05, 0) is 38.7 Å². The van der Waals surface area contributed by atoms with E-state index in [-0.39, 0.29) is 17.7 Å². The molecule has 2 aliphatic heterocycles. The van der Waals surface area contributed by atoms with E-state index < -0.39 is 11.5 Å². The van der Waals surface area contributed by atoms with Gasteiger partial charge < -0.3 is 19.9 Å². The van der Waals surface area contributed by atoms with E-state index in [2.05, 4.69) is 5.32 Å². The van der Waals surface area contributed by atoms with Gasteiger partial charge in [0.05, 0.1) is 18.4 Å². The van der Waals surface area contributed by atoms with Crippen molar-refractivity contribution in [2.75, 3.05) is 39.9 Å². The van der Waals surface area contributed by atoms with E-state index in [4.69, 9.17) is 4.74 Å². The summed E-state index contributed by atoms with van der Waals surface area (Å²) in [6, 6.07) is 7.57. The first-order valence-corrected chi connectivity index (χ1v) is 10.8. The van der Waals surface area contributed by atoms with Crippen LogP contribution in [-0.4, -0.2) is 73.5 Å². The summed E-state index contributed by atoms with van der Waals surface area (Å²) in [4.78, 5) is 42.1. The number of carbonyl (C=O) groups is 3. The number of hydrogen-bond acceptors (Lipinski definition) is 4. The average Bonchev–Trinajstić information content (AvgIpc) is 3.00. The standard InChI is InChI=1S/C23H33N3O4/c1-4-26-19(21(28)24-10-13-30-3)16-23(22(26)29)8-11-25(12-9-23)20(27)15-18-7-5-6-17(2)14-18/h5-7,14,19H,4,8-13,15-16H2,1-3H3,(H,24,28). The van der Waals surface area contributed by atoms with Crippen LogP contribution in [0.2, 0.25) is 0 Å². The maximum absolute atomic E-state index is 13.2. The topological polar surface area (TPSA) is 79.0 Å². The molecular weight excluding hydrogens is 382 g/mol. The van der Waals surface area contributed by atoms with Crippen LogP contribution in [0, 0.1) is 12.3 Å². The lowest BCUT2D eigenvalue weighted by Crippen LogP contribution is -2.47. The van der Waals surface area contributed by atoms with Crippen LogP contribution < -0.4 is 5.32 Å². The van der Waals surface area contributed by atoms with Crippen LogP contribution in [0.15, 0.2) is 24.3 Å². The SMILES string of the molecule is CCN1C(=O)C2(CCN(C(=O)Cc3cccc(C)c3)CC2)CC1C(=O)NCCOC. The zero-order chi connectivity index (χ0) is 21.7. The molecule has 0 saturated carbocycles. The number of likely N-dealkylation sites (N-methyl/N-ethyl adjacent to an activating group) is 1. The molecule has 0 radical (unpaired) electrons. The second-order valence-corrected chi connectivity index (χ2v) is 8.42. The number of methoxy groups -OCH3 is 1. The summed E-state index contributed by atoms with van der Waals surface area (Å²) in [5.41, 5.74) is 1.63. The zero-order valence-electron chi connectivity index (χ0n) is 18.3. The first-order chi connectivity index (χ1) is 14.4. The van der Waals surface area contributed by atoms with E-state index in [1.165, 1.54) is 0 Å². The highest BCUT2D eigenvalue weighted by Gasteiger charge is 2.54. The number of nitrogens with zero attached hydrogens (tertiary/aromatic N) is 2. The smallest absolute Gasteiger partial charge is 0.242 e. The Bertz CT molecular complexity index is 786.